The average Bonchev–Trinajstić information content (AvgIpc) is 2.72. The fourth-order valence-corrected chi connectivity index (χ4v) is 3.72. The van der Waals surface area contributed by atoms with Crippen molar-refractivity contribution >= 4 is 22.8 Å². The lowest BCUT2D eigenvalue weighted by Crippen LogP contribution is -2.57. The van der Waals surface area contributed by atoms with Crippen molar-refractivity contribution in [3.05, 3.63) is 71.8 Å². The number of nitrogens with zero attached hydrogens (tertiary/aromatic N) is 1. The Labute approximate surface area is 187 Å². The minimum Gasteiger partial charge on any atom is -0.465 e. The van der Waals surface area contributed by atoms with Gasteiger partial charge in [0.2, 0.25) is 0 Å². The van der Waals surface area contributed by atoms with Gasteiger partial charge in [-0.3, -0.25) is 4.79 Å². The largest absolute Gasteiger partial charge is 0.465 e. The lowest BCUT2D eigenvalue weighted by molar-refractivity contribution is -0.137. The first kappa shape index (κ1) is 22.4. The van der Waals surface area contributed by atoms with E-state index in [9.17, 15) is 22.8 Å². The van der Waals surface area contributed by atoms with E-state index in [0.717, 1.165) is 17.5 Å². The molecule has 172 valence electrons. The molecule has 1 atom stereocenters. The van der Waals surface area contributed by atoms with Crippen molar-refractivity contribution in [1.29, 1.82) is 0 Å². The van der Waals surface area contributed by atoms with Crippen LogP contribution in [0.4, 0.5) is 18.0 Å². The number of carbonyl (C=O) groups excluding carboxylic acids is 1. The third kappa shape index (κ3) is 4.87. The number of carbonyl (C=O) groups is 2. The number of hydrogen-bond donors (Lipinski definition) is 2. The highest BCUT2D eigenvalue weighted by atomic mass is 19.4. The summed E-state index contributed by atoms with van der Waals surface area (Å²) in [5.74, 6) is 0.513. The maximum absolute atomic E-state index is 12.8. The van der Waals surface area contributed by atoms with Gasteiger partial charge in [-0.25, -0.2) is 4.79 Å². The van der Waals surface area contributed by atoms with Gasteiger partial charge in [-0.1, -0.05) is 12.1 Å². The quantitative estimate of drug-likeness (QED) is 0.538. The van der Waals surface area contributed by atoms with Crippen molar-refractivity contribution in [2.75, 3.05) is 13.1 Å². The van der Waals surface area contributed by atoms with Crippen molar-refractivity contribution < 1.29 is 32.6 Å². The van der Waals surface area contributed by atoms with E-state index >= 15 is 0 Å². The smallest absolute Gasteiger partial charge is 0.416 e. The standard InChI is InChI=1S/C24H21F3N2O4/c1-14(17-12-29(13-17)23(31)32)28-22(30)16-5-10-20-15(11-16)3-2-4-21(20)33-19-8-6-18(7-9-19)24(25,26)27/h2-11,14,17H,12-13H2,1H3,(H,28,30)(H,31,32)/t14-/m1/s1. The van der Waals surface area contributed by atoms with Gasteiger partial charge in [0.05, 0.1) is 5.56 Å². The summed E-state index contributed by atoms with van der Waals surface area (Å²) in [4.78, 5) is 24.9. The normalized spacial score (nSPS) is 15.1. The maximum Gasteiger partial charge on any atom is 0.416 e. The molecule has 33 heavy (non-hydrogen) atoms. The highest BCUT2D eigenvalue weighted by molar-refractivity contribution is 6.00. The highest BCUT2D eigenvalue weighted by Gasteiger charge is 2.35. The second-order valence-corrected chi connectivity index (χ2v) is 8.03. The van der Waals surface area contributed by atoms with Crippen molar-refractivity contribution in [3.8, 4) is 11.5 Å². The number of benzene rings is 3. The van der Waals surface area contributed by atoms with Crippen LogP contribution in [0.5, 0.6) is 11.5 Å². The van der Waals surface area contributed by atoms with Crippen LogP contribution in [0.2, 0.25) is 0 Å². The van der Waals surface area contributed by atoms with E-state index in [1.807, 2.05) is 13.0 Å². The summed E-state index contributed by atoms with van der Waals surface area (Å²) >= 11 is 0. The van der Waals surface area contributed by atoms with E-state index < -0.39 is 17.8 Å². The minimum atomic E-state index is -4.42. The first-order valence-electron chi connectivity index (χ1n) is 10.3. The van der Waals surface area contributed by atoms with Crippen LogP contribution in [0, 0.1) is 5.92 Å². The molecule has 6 nitrogen and oxygen atoms in total. The van der Waals surface area contributed by atoms with Crippen molar-refractivity contribution in [1.82, 2.24) is 10.2 Å². The molecular formula is C24H21F3N2O4. The summed E-state index contributed by atoms with van der Waals surface area (Å²) in [6.07, 6.45) is -5.38. The van der Waals surface area contributed by atoms with Crippen LogP contribution in [0.15, 0.2) is 60.7 Å². The summed E-state index contributed by atoms with van der Waals surface area (Å²) in [5, 5.41) is 13.3. The molecule has 3 aromatic carbocycles. The fraction of sp³-hybridized carbons (Fsp3) is 0.250. The van der Waals surface area contributed by atoms with Gasteiger partial charge in [-0.05, 0) is 60.8 Å². The molecule has 3 aromatic rings. The third-order valence-corrected chi connectivity index (χ3v) is 5.76. The molecule has 0 radical (unpaired) electrons. The Morgan fingerprint density at radius 1 is 1.09 bits per heavy atom. The van der Waals surface area contributed by atoms with Crippen molar-refractivity contribution in [3.63, 3.8) is 0 Å². The molecule has 0 spiro atoms. The predicted molar refractivity (Wildman–Crippen MR) is 115 cm³/mol. The number of alkyl halides is 3. The van der Waals surface area contributed by atoms with Crippen LogP contribution in [0.3, 0.4) is 0 Å². The van der Waals surface area contributed by atoms with Crippen LogP contribution in [-0.4, -0.2) is 41.1 Å². The van der Waals surface area contributed by atoms with Crippen LogP contribution in [-0.2, 0) is 6.18 Å². The number of nitrogens with one attached hydrogen (secondary N) is 1. The molecule has 2 N–H and O–H groups in total. The summed E-state index contributed by atoms with van der Waals surface area (Å²) in [6, 6.07) is 14.6. The Balaban J connectivity index is 1.46. The van der Waals surface area contributed by atoms with Gasteiger partial charge in [0, 0.05) is 36.0 Å². The molecule has 0 unspecified atom stereocenters. The molecule has 1 aliphatic rings. The topological polar surface area (TPSA) is 78.9 Å². The first-order valence-corrected chi connectivity index (χ1v) is 10.3. The molecule has 1 aliphatic heterocycles. The number of hydrogen-bond acceptors (Lipinski definition) is 3. The molecular weight excluding hydrogens is 437 g/mol. The zero-order valence-corrected chi connectivity index (χ0v) is 17.6. The second-order valence-electron chi connectivity index (χ2n) is 8.03. The first-order chi connectivity index (χ1) is 15.6. The van der Waals surface area contributed by atoms with Crippen LogP contribution in [0.1, 0.15) is 22.8 Å². The Morgan fingerprint density at radius 2 is 1.79 bits per heavy atom. The fourth-order valence-electron chi connectivity index (χ4n) is 3.72. The maximum atomic E-state index is 12.8. The van der Waals surface area contributed by atoms with Gasteiger partial charge >= 0.3 is 12.3 Å². The SMILES string of the molecule is C[C@@H](NC(=O)c1ccc2c(Oc3ccc(C(F)(F)F)cc3)cccc2c1)C1CN(C(=O)O)C1. The zero-order chi connectivity index (χ0) is 23.8. The molecule has 1 saturated heterocycles. The van der Waals surface area contributed by atoms with Crippen LogP contribution in [0.25, 0.3) is 10.8 Å². The van der Waals surface area contributed by atoms with Crippen molar-refractivity contribution in [2.24, 2.45) is 5.92 Å². The number of rotatable bonds is 5. The van der Waals surface area contributed by atoms with Gasteiger partial charge in [0.15, 0.2) is 0 Å². The zero-order valence-electron chi connectivity index (χ0n) is 17.6. The van der Waals surface area contributed by atoms with Crippen molar-refractivity contribution in [2.45, 2.75) is 19.1 Å². The Bertz CT molecular complexity index is 1190. The minimum absolute atomic E-state index is 0.0641. The molecule has 2 amide bonds. The summed E-state index contributed by atoms with van der Waals surface area (Å²) < 4.78 is 44.1. The predicted octanol–water partition coefficient (Wildman–Crippen LogP) is 5.38. The molecule has 4 rings (SSSR count). The van der Waals surface area contributed by atoms with E-state index in [2.05, 4.69) is 5.32 Å². The summed E-state index contributed by atoms with van der Waals surface area (Å²) in [6.45, 7) is 2.62. The molecule has 1 fully saturated rings. The molecule has 9 heteroatoms. The number of ether oxygens (including phenoxy) is 1. The van der Waals surface area contributed by atoms with Crippen LogP contribution >= 0.6 is 0 Å². The lowest BCUT2D eigenvalue weighted by atomic mass is 9.93. The van der Waals surface area contributed by atoms with Gasteiger partial charge in [-0.15, -0.1) is 0 Å². The molecule has 0 bridgehead atoms. The van der Waals surface area contributed by atoms with E-state index in [0.29, 0.717) is 29.8 Å². The second kappa shape index (κ2) is 8.65. The van der Waals surface area contributed by atoms with E-state index in [-0.39, 0.29) is 23.6 Å². The number of halogens is 3. The van der Waals surface area contributed by atoms with Gasteiger partial charge in [0.25, 0.3) is 5.91 Å². The average molecular weight is 458 g/mol. The van der Waals surface area contributed by atoms with Gasteiger partial charge in [0.1, 0.15) is 11.5 Å². The number of fused-ring (bicyclic) bond motifs is 1. The van der Waals surface area contributed by atoms with Gasteiger partial charge in [-0.2, -0.15) is 13.2 Å². The van der Waals surface area contributed by atoms with E-state index in [4.69, 9.17) is 9.84 Å². The number of likely N-dealkylation sites (tertiary alicyclic amines) is 1. The highest BCUT2D eigenvalue weighted by Crippen LogP contribution is 2.34. The Kier molecular flexibility index (Phi) is 5.88. The molecule has 0 saturated carbocycles. The van der Waals surface area contributed by atoms with E-state index in [1.165, 1.54) is 17.0 Å². The van der Waals surface area contributed by atoms with Crippen LogP contribution < -0.4 is 10.1 Å². The summed E-state index contributed by atoms with van der Waals surface area (Å²) in [5.41, 5.74) is -0.314. The molecule has 1 heterocycles. The Hall–Kier alpha value is -3.75. The summed E-state index contributed by atoms with van der Waals surface area (Å²) in [7, 11) is 0. The monoisotopic (exact) mass is 458 g/mol. The third-order valence-electron chi connectivity index (χ3n) is 5.76. The molecule has 0 aliphatic carbocycles. The van der Waals surface area contributed by atoms with Gasteiger partial charge < -0.3 is 20.1 Å². The lowest BCUT2D eigenvalue weighted by Gasteiger charge is -2.40. The Morgan fingerprint density at radius 3 is 2.42 bits per heavy atom. The molecule has 0 aromatic heterocycles. The number of amides is 2. The number of carboxylic acid groups (broad SMARTS) is 1. The van der Waals surface area contributed by atoms with E-state index in [1.54, 1.807) is 30.3 Å².